The van der Waals surface area contributed by atoms with Gasteiger partial charge >= 0.3 is 0 Å². The molecule has 2 heterocycles. The molecule has 1 unspecified atom stereocenters. The average Bonchev–Trinajstić information content (AvgIpc) is 2.69. The SMILES string of the molecule is C1CCC(CSC2=NCCO2)NC1. The summed E-state index contributed by atoms with van der Waals surface area (Å²) in [5.41, 5.74) is 0. The molecule has 1 fully saturated rings. The quantitative estimate of drug-likeness (QED) is 0.728. The van der Waals surface area contributed by atoms with Crippen LogP contribution in [0.1, 0.15) is 19.3 Å². The number of hydrogen-bond donors (Lipinski definition) is 1. The Bertz CT molecular complexity index is 190. The van der Waals surface area contributed by atoms with Crippen molar-refractivity contribution in [3.63, 3.8) is 0 Å². The highest BCUT2D eigenvalue weighted by atomic mass is 32.2. The number of piperidine rings is 1. The van der Waals surface area contributed by atoms with Crippen LogP contribution in [0.5, 0.6) is 0 Å². The zero-order valence-electron chi connectivity index (χ0n) is 7.79. The van der Waals surface area contributed by atoms with Crippen molar-refractivity contribution in [1.82, 2.24) is 5.32 Å². The summed E-state index contributed by atoms with van der Waals surface area (Å²) in [6.45, 7) is 2.80. The van der Waals surface area contributed by atoms with Crippen LogP contribution in [0.2, 0.25) is 0 Å². The van der Waals surface area contributed by atoms with Crippen molar-refractivity contribution in [2.24, 2.45) is 4.99 Å². The summed E-state index contributed by atoms with van der Waals surface area (Å²) in [4.78, 5) is 4.25. The maximum atomic E-state index is 5.33. The molecule has 0 aromatic rings. The van der Waals surface area contributed by atoms with Crippen LogP contribution in [-0.4, -0.2) is 36.7 Å². The first kappa shape index (κ1) is 9.34. The van der Waals surface area contributed by atoms with Crippen LogP contribution >= 0.6 is 11.8 Å². The van der Waals surface area contributed by atoms with Crippen LogP contribution in [0, 0.1) is 0 Å². The van der Waals surface area contributed by atoms with Crippen molar-refractivity contribution < 1.29 is 4.74 Å². The van der Waals surface area contributed by atoms with E-state index in [4.69, 9.17) is 4.74 Å². The minimum Gasteiger partial charge on any atom is -0.471 e. The van der Waals surface area contributed by atoms with Crippen molar-refractivity contribution in [2.75, 3.05) is 25.4 Å². The third-order valence-electron chi connectivity index (χ3n) is 2.38. The number of hydrogen-bond acceptors (Lipinski definition) is 4. The van der Waals surface area contributed by atoms with E-state index in [0.29, 0.717) is 6.04 Å². The minimum absolute atomic E-state index is 0.672. The van der Waals surface area contributed by atoms with Gasteiger partial charge in [-0.25, -0.2) is 4.99 Å². The summed E-state index contributed by atoms with van der Waals surface area (Å²) >= 11 is 1.76. The molecule has 0 saturated carbocycles. The number of ether oxygens (including phenoxy) is 1. The normalized spacial score (nSPS) is 28.3. The van der Waals surface area contributed by atoms with Gasteiger partial charge in [0.15, 0.2) is 0 Å². The van der Waals surface area contributed by atoms with Gasteiger partial charge in [-0.2, -0.15) is 0 Å². The lowest BCUT2D eigenvalue weighted by molar-refractivity contribution is 0.356. The Morgan fingerprint density at radius 3 is 3.23 bits per heavy atom. The van der Waals surface area contributed by atoms with Gasteiger partial charge in [-0.3, -0.25) is 0 Å². The molecule has 2 aliphatic heterocycles. The van der Waals surface area contributed by atoms with Crippen LogP contribution in [0.3, 0.4) is 0 Å². The van der Waals surface area contributed by atoms with Crippen molar-refractivity contribution in [3.05, 3.63) is 0 Å². The molecule has 1 N–H and O–H groups in total. The van der Waals surface area contributed by atoms with E-state index < -0.39 is 0 Å². The standard InChI is InChI=1S/C9H16N2OS/c1-2-4-10-8(3-1)7-13-9-11-5-6-12-9/h8,10H,1-7H2. The summed E-state index contributed by atoms with van der Waals surface area (Å²) in [7, 11) is 0. The average molecular weight is 200 g/mol. The van der Waals surface area contributed by atoms with Crippen molar-refractivity contribution in [1.29, 1.82) is 0 Å². The van der Waals surface area contributed by atoms with Crippen LogP contribution < -0.4 is 5.32 Å². The molecule has 1 saturated heterocycles. The maximum Gasteiger partial charge on any atom is 0.246 e. The van der Waals surface area contributed by atoms with Gasteiger partial charge in [-0.15, -0.1) is 0 Å². The maximum absolute atomic E-state index is 5.33. The van der Waals surface area contributed by atoms with Gasteiger partial charge in [0.2, 0.25) is 5.23 Å². The van der Waals surface area contributed by atoms with E-state index in [1.807, 2.05) is 0 Å². The number of rotatable bonds is 2. The van der Waals surface area contributed by atoms with Gasteiger partial charge in [-0.1, -0.05) is 18.2 Å². The second-order valence-electron chi connectivity index (χ2n) is 3.45. The van der Waals surface area contributed by atoms with Crippen LogP contribution in [0.4, 0.5) is 0 Å². The minimum atomic E-state index is 0.672. The van der Waals surface area contributed by atoms with Gasteiger partial charge in [0, 0.05) is 11.8 Å². The van der Waals surface area contributed by atoms with E-state index >= 15 is 0 Å². The molecule has 0 aliphatic carbocycles. The molecule has 0 aromatic carbocycles. The lowest BCUT2D eigenvalue weighted by Gasteiger charge is -2.22. The highest BCUT2D eigenvalue weighted by molar-refractivity contribution is 8.13. The van der Waals surface area contributed by atoms with E-state index in [9.17, 15) is 0 Å². The number of thioether (sulfide) groups is 1. The first-order valence-corrected chi connectivity index (χ1v) is 5.97. The largest absolute Gasteiger partial charge is 0.471 e. The number of nitrogens with one attached hydrogen (secondary N) is 1. The summed E-state index contributed by atoms with van der Waals surface area (Å²) in [5.74, 6) is 1.11. The molecule has 4 heteroatoms. The predicted octanol–water partition coefficient (Wildman–Crippen LogP) is 1.25. The lowest BCUT2D eigenvalue weighted by Crippen LogP contribution is -2.36. The fourth-order valence-electron chi connectivity index (χ4n) is 1.64. The Labute approximate surface area is 83.3 Å². The number of aliphatic imine (C=N–C) groups is 1. The molecule has 0 aromatic heterocycles. The number of nitrogens with zero attached hydrogens (tertiary/aromatic N) is 1. The molecular weight excluding hydrogens is 184 g/mol. The van der Waals surface area contributed by atoms with E-state index in [2.05, 4.69) is 10.3 Å². The van der Waals surface area contributed by atoms with Gasteiger partial charge in [-0.05, 0) is 19.4 Å². The van der Waals surface area contributed by atoms with E-state index in [-0.39, 0.29) is 0 Å². The summed E-state index contributed by atoms with van der Waals surface area (Å²) in [6, 6.07) is 0.672. The second-order valence-corrected chi connectivity index (χ2v) is 4.43. The van der Waals surface area contributed by atoms with Crippen molar-refractivity contribution in [3.8, 4) is 0 Å². The zero-order chi connectivity index (χ0) is 8.93. The van der Waals surface area contributed by atoms with Gasteiger partial charge in [0.1, 0.15) is 6.61 Å². The van der Waals surface area contributed by atoms with E-state index in [1.165, 1.54) is 25.8 Å². The van der Waals surface area contributed by atoms with Gasteiger partial charge in [0.05, 0.1) is 6.54 Å². The highest BCUT2D eigenvalue weighted by Gasteiger charge is 2.15. The fourth-order valence-corrected chi connectivity index (χ4v) is 2.62. The monoisotopic (exact) mass is 200 g/mol. The van der Waals surface area contributed by atoms with Crippen LogP contribution in [0.15, 0.2) is 4.99 Å². The van der Waals surface area contributed by atoms with Crippen molar-refractivity contribution >= 4 is 17.0 Å². The Morgan fingerprint density at radius 2 is 2.54 bits per heavy atom. The zero-order valence-corrected chi connectivity index (χ0v) is 8.61. The Morgan fingerprint density at radius 1 is 1.54 bits per heavy atom. The molecule has 13 heavy (non-hydrogen) atoms. The van der Waals surface area contributed by atoms with E-state index in [0.717, 1.165) is 24.1 Å². The molecule has 0 amide bonds. The van der Waals surface area contributed by atoms with Crippen LogP contribution in [-0.2, 0) is 4.74 Å². The Kier molecular flexibility index (Phi) is 3.49. The van der Waals surface area contributed by atoms with Gasteiger partial charge in [0.25, 0.3) is 0 Å². The molecule has 2 aliphatic rings. The molecular formula is C9H16N2OS. The molecule has 2 rings (SSSR count). The molecule has 1 atom stereocenters. The fraction of sp³-hybridized carbons (Fsp3) is 0.889. The molecule has 3 nitrogen and oxygen atoms in total. The lowest BCUT2D eigenvalue weighted by atomic mass is 10.1. The summed E-state index contributed by atoms with van der Waals surface area (Å²) in [6.07, 6.45) is 4.00. The topological polar surface area (TPSA) is 33.6 Å². The molecule has 0 spiro atoms. The molecule has 0 bridgehead atoms. The van der Waals surface area contributed by atoms with Crippen LogP contribution in [0.25, 0.3) is 0 Å². The highest BCUT2D eigenvalue weighted by Crippen LogP contribution is 2.16. The third kappa shape index (κ3) is 2.88. The first-order chi connectivity index (χ1) is 6.45. The van der Waals surface area contributed by atoms with Gasteiger partial charge < -0.3 is 10.1 Å². The summed E-state index contributed by atoms with van der Waals surface area (Å²) in [5, 5.41) is 4.41. The smallest absolute Gasteiger partial charge is 0.246 e. The Hall–Kier alpha value is -0.220. The second kappa shape index (κ2) is 4.86. The molecule has 74 valence electrons. The first-order valence-electron chi connectivity index (χ1n) is 4.98. The predicted molar refractivity (Wildman–Crippen MR) is 56.4 cm³/mol. The van der Waals surface area contributed by atoms with E-state index in [1.54, 1.807) is 11.8 Å². The van der Waals surface area contributed by atoms with Crippen molar-refractivity contribution in [2.45, 2.75) is 25.3 Å². The summed E-state index contributed by atoms with van der Waals surface area (Å²) < 4.78 is 5.33. The Balaban J connectivity index is 1.66. The third-order valence-corrected chi connectivity index (χ3v) is 3.44. The molecule has 0 radical (unpaired) electrons.